The molecule has 0 saturated carbocycles. The molecule has 0 saturated heterocycles. The Balaban J connectivity index is 3.85. The molecule has 0 aromatic heterocycles. The van der Waals surface area contributed by atoms with E-state index in [0.717, 1.165) is 25.7 Å². The van der Waals surface area contributed by atoms with E-state index in [1.54, 1.807) is 0 Å². The smallest absolute Gasteiger partial charge is 0.310 e. The molecule has 0 aliphatic heterocycles. The van der Waals surface area contributed by atoms with Crippen molar-refractivity contribution in [3.8, 4) is 0 Å². The maximum absolute atomic E-state index is 11.1. The molecule has 0 aliphatic carbocycles. The van der Waals surface area contributed by atoms with E-state index >= 15 is 0 Å². The van der Waals surface area contributed by atoms with Crippen LogP contribution in [0.3, 0.4) is 0 Å². The Labute approximate surface area is 111 Å². The fourth-order valence-electron chi connectivity index (χ4n) is 1.54. The molecule has 102 valence electrons. The van der Waals surface area contributed by atoms with Gasteiger partial charge in [0.2, 0.25) is 0 Å². The van der Waals surface area contributed by atoms with Crippen molar-refractivity contribution >= 4 is 5.97 Å². The van der Waals surface area contributed by atoms with Crippen LogP contribution >= 0.6 is 0 Å². The topological polar surface area (TPSA) is 26.3 Å². The fraction of sp³-hybridized carbons (Fsp3) is 0.562. The van der Waals surface area contributed by atoms with Gasteiger partial charge in [-0.15, -0.1) is 6.58 Å². The largest absolute Gasteiger partial charge is 0.435 e. The van der Waals surface area contributed by atoms with Crippen molar-refractivity contribution < 1.29 is 9.53 Å². The molecule has 0 heterocycles. The second kappa shape index (κ2) is 10.8. The minimum absolute atomic E-state index is 0.159. The van der Waals surface area contributed by atoms with E-state index in [9.17, 15) is 4.79 Å². The summed E-state index contributed by atoms with van der Waals surface area (Å²) < 4.78 is 4.95. The summed E-state index contributed by atoms with van der Waals surface area (Å²) in [6.07, 6.45) is 12.0. The van der Waals surface area contributed by atoms with Crippen molar-refractivity contribution in [2.75, 3.05) is 0 Å². The summed E-state index contributed by atoms with van der Waals surface area (Å²) in [6.45, 7) is 10.0. The molecule has 0 rings (SSSR count). The van der Waals surface area contributed by atoms with Crippen molar-refractivity contribution in [2.45, 2.75) is 52.9 Å². The molecule has 1 unspecified atom stereocenters. The van der Waals surface area contributed by atoms with Crippen molar-refractivity contribution in [1.29, 1.82) is 0 Å². The van der Waals surface area contributed by atoms with Crippen molar-refractivity contribution in [1.82, 2.24) is 0 Å². The van der Waals surface area contributed by atoms with E-state index in [1.165, 1.54) is 11.8 Å². The maximum atomic E-state index is 11.1. The van der Waals surface area contributed by atoms with Crippen molar-refractivity contribution in [3.63, 3.8) is 0 Å². The average Bonchev–Trinajstić information content (AvgIpc) is 2.32. The quantitative estimate of drug-likeness (QED) is 0.334. The number of rotatable bonds is 9. The van der Waals surface area contributed by atoms with Crippen LogP contribution in [0.1, 0.15) is 52.9 Å². The Bertz CT molecular complexity index is 296. The van der Waals surface area contributed by atoms with Gasteiger partial charge in [-0.2, -0.15) is 0 Å². The fourth-order valence-corrected chi connectivity index (χ4v) is 1.54. The van der Waals surface area contributed by atoms with E-state index in [1.807, 2.05) is 19.1 Å². The third kappa shape index (κ3) is 9.88. The lowest BCUT2D eigenvalue weighted by molar-refractivity contribution is -0.138. The first-order valence-corrected chi connectivity index (χ1v) is 6.70. The zero-order valence-corrected chi connectivity index (χ0v) is 11.9. The Morgan fingerprint density at radius 1 is 1.39 bits per heavy atom. The Morgan fingerprint density at radius 3 is 2.67 bits per heavy atom. The van der Waals surface area contributed by atoms with Crippen LogP contribution in [0.25, 0.3) is 0 Å². The van der Waals surface area contributed by atoms with Crippen LogP contribution in [-0.4, -0.2) is 5.97 Å². The van der Waals surface area contributed by atoms with E-state index in [0.29, 0.717) is 12.3 Å². The molecule has 1 atom stereocenters. The second-order valence-corrected chi connectivity index (χ2v) is 4.70. The average molecular weight is 250 g/mol. The lowest BCUT2D eigenvalue weighted by Gasteiger charge is -2.07. The predicted octanol–water partition coefficient (Wildman–Crippen LogP) is 4.78. The number of ether oxygens (including phenoxy) is 1. The molecule has 0 N–H and O–H groups in total. The summed E-state index contributed by atoms with van der Waals surface area (Å²) >= 11 is 0. The molecule has 2 heteroatoms. The normalized spacial score (nSPS) is 12.2. The van der Waals surface area contributed by atoms with Gasteiger partial charge in [0, 0.05) is 6.42 Å². The Morgan fingerprint density at radius 2 is 2.11 bits per heavy atom. The standard InChI is InChI=1S/C16H26O2/c1-5-9-16(17)18-13-8-12-15(6-2)11-7-10-14(3)4/h6,8,10,13,15H,2,5,7,9,11-12H2,1,3-4H3. The summed E-state index contributed by atoms with van der Waals surface area (Å²) in [4.78, 5) is 11.1. The van der Waals surface area contributed by atoms with Gasteiger partial charge in [-0.05, 0) is 51.5 Å². The van der Waals surface area contributed by atoms with Crippen LogP contribution in [0.15, 0.2) is 36.6 Å². The number of carbonyl (C=O) groups excluding carboxylic acids is 1. The van der Waals surface area contributed by atoms with Gasteiger partial charge in [0.25, 0.3) is 0 Å². The van der Waals surface area contributed by atoms with E-state index in [-0.39, 0.29) is 5.97 Å². The molecular formula is C16H26O2. The zero-order valence-electron chi connectivity index (χ0n) is 11.9. The van der Waals surface area contributed by atoms with Crippen LogP contribution in [0.5, 0.6) is 0 Å². The minimum atomic E-state index is -0.159. The van der Waals surface area contributed by atoms with Crippen molar-refractivity contribution in [3.05, 3.63) is 36.6 Å². The minimum Gasteiger partial charge on any atom is -0.435 e. The molecule has 18 heavy (non-hydrogen) atoms. The van der Waals surface area contributed by atoms with Gasteiger partial charge >= 0.3 is 5.97 Å². The van der Waals surface area contributed by atoms with Gasteiger partial charge < -0.3 is 4.74 Å². The van der Waals surface area contributed by atoms with Crippen LogP contribution in [0.4, 0.5) is 0 Å². The molecule has 0 aromatic carbocycles. The maximum Gasteiger partial charge on any atom is 0.310 e. The lowest BCUT2D eigenvalue weighted by atomic mass is 9.99. The lowest BCUT2D eigenvalue weighted by Crippen LogP contribution is -1.98. The summed E-state index contributed by atoms with van der Waals surface area (Å²) in [5, 5.41) is 0. The summed E-state index contributed by atoms with van der Waals surface area (Å²) in [6, 6.07) is 0. The number of esters is 1. The highest BCUT2D eigenvalue weighted by Crippen LogP contribution is 2.14. The summed E-state index contributed by atoms with van der Waals surface area (Å²) in [5.41, 5.74) is 1.35. The third-order valence-electron chi connectivity index (χ3n) is 2.61. The first-order valence-electron chi connectivity index (χ1n) is 6.70. The van der Waals surface area contributed by atoms with Crippen LogP contribution in [0.2, 0.25) is 0 Å². The first-order chi connectivity index (χ1) is 8.60. The summed E-state index contributed by atoms with van der Waals surface area (Å²) in [7, 11) is 0. The number of hydrogen-bond donors (Lipinski definition) is 0. The van der Waals surface area contributed by atoms with Gasteiger partial charge in [-0.1, -0.05) is 24.6 Å². The van der Waals surface area contributed by atoms with Crippen LogP contribution in [0, 0.1) is 5.92 Å². The molecule has 0 aromatic rings. The molecule has 0 spiro atoms. The van der Waals surface area contributed by atoms with E-state index in [4.69, 9.17) is 4.74 Å². The highest BCUT2D eigenvalue weighted by Gasteiger charge is 2.01. The first kappa shape index (κ1) is 16.7. The van der Waals surface area contributed by atoms with Gasteiger partial charge in [-0.25, -0.2) is 0 Å². The highest BCUT2D eigenvalue weighted by atomic mass is 16.5. The molecule has 0 aliphatic rings. The van der Waals surface area contributed by atoms with Gasteiger partial charge in [0.15, 0.2) is 0 Å². The molecule has 0 amide bonds. The van der Waals surface area contributed by atoms with Crippen molar-refractivity contribution in [2.24, 2.45) is 5.92 Å². The number of hydrogen-bond acceptors (Lipinski definition) is 2. The van der Waals surface area contributed by atoms with Crippen LogP contribution in [-0.2, 0) is 9.53 Å². The Hall–Kier alpha value is -1.31. The van der Waals surface area contributed by atoms with Crippen LogP contribution < -0.4 is 0 Å². The molecule has 0 fully saturated rings. The number of carbonyl (C=O) groups is 1. The van der Waals surface area contributed by atoms with E-state index in [2.05, 4.69) is 26.5 Å². The molecule has 0 radical (unpaired) electrons. The molecule has 2 nitrogen and oxygen atoms in total. The van der Waals surface area contributed by atoms with Gasteiger partial charge in [0.1, 0.15) is 0 Å². The summed E-state index contributed by atoms with van der Waals surface area (Å²) in [5.74, 6) is 0.287. The van der Waals surface area contributed by atoms with E-state index < -0.39 is 0 Å². The molecule has 0 bridgehead atoms. The van der Waals surface area contributed by atoms with Gasteiger partial charge in [-0.3, -0.25) is 4.79 Å². The Kier molecular flexibility index (Phi) is 10.0. The number of allylic oxidation sites excluding steroid dienone is 4. The van der Waals surface area contributed by atoms with Gasteiger partial charge in [0.05, 0.1) is 6.26 Å². The monoisotopic (exact) mass is 250 g/mol. The predicted molar refractivity (Wildman–Crippen MR) is 77.1 cm³/mol. The highest BCUT2D eigenvalue weighted by molar-refractivity contribution is 5.69. The third-order valence-corrected chi connectivity index (χ3v) is 2.61. The SMILES string of the molecule is C=CC(CC=COC(=O)CCC)CCC=C(C)C. The molecular weight excluding hydrogens is 224 g/mol. The zero-order chi connectivity index (χ0) is 13.8. The second-order valence-electron chi connectivity index (χ2n) is 4.70.